The van der Waals surface area contributed by atoms with Gasteiger partial charge in [-0.25, -0.2) is 0 Å². The highest BCUT2D eigenvalue weighted by Crippen LogP contribution is 2.18. The maximum absolute atomic E-state index is 10.1. The molecular weight excluding hydrogens is 202 g/mol. The van der Waals surface area contributed by atoms with E-state index < -0.39 is 6.10 Å². The summed E-state index contributed by atoms with van der Waals surface area (Å²) < 4.78 is 5.07. The van der Waals surface area contributed by atoms with Gasteiger partial charge in [0.1, 0.15) is 0 Å². The zero-order chi connectivity index (χ0) is 12.0. The standard InChI is InChI=1S/C13H21NO2/c1-4-14-10(2)13(15)12-7-5-6-11(8-12)9-16-3/h5-8,10,13-15H,4,9H2,1-3H3. The lowest BCUT2D eigenvalue weighted by molar-refractivity contribution is 0.136. The zero-order valence-corrected chi connectivity index (χ0v) is 10.2. The third-order valence-electron chi connectivity index (χ3n) is 2.60. The van der Waals surface area contributed by atoms with E-state index in [-0.39, 0.29) is 6.04 Å². The van der Waals surface area contributed by atoms with Crippen LogP contribution < -0.4 is 5.32 Å². The normalized spacial score (nSPS) is 14.8. The first-order valence-electron chi connectivity index (χ1n) is 5.68. The van der Waals surface area contributed by atoms with Crippen LogP contribution in [0.15, 0.2) is 24.3 Å². The number of aliphatic hydroxyl groups is 1. The SMILES string of the molecule is CCNC(C)C(O)c1cccc(COC)c1. The summed E-state index contributed by atoms with van der Waals surface area (Å²) in [5, 5.41) is 13.3. The molecule has 0 aromatic heterocycles. The van der Waals surface area contributed by atoms with Gasteiger partial charge in [-0.05, 0) is 24.6 Å². The molecule has 2 atom stereocenters. The minimum absolute atomic E-state index is 0.0581. The highest BCUT2D eigenvalue weighted by atomic mass is 16.5. The molecule has 0 bridgehead atoms. The van der Waals surface area contributed by atoms with Crippen molar-refractivity contribution in [3.63, 3.8) is 0 Å². The van der Waals surface area contributed by atoms with Crippen molar-refractivity contribution in [2.75, 3.05) is 13.7 Å². The number of hydrogen-bond acceptors (Lipinski definition) is 3. The fourth-order valence-electron chi connectivity index (χ4n) is 1.76. The average molecular weight is 223 g/mol. The number of methoxy groups -OCH3 is 1. The summed E-state index contributed by atoms with van der Waals surface area (Å²) in [6, 6.07) is 7.94. The number of hydrogen-bond donors (Lipinski definition) is 2. The van der Waals surface area contributed by atoms with Crippen LogP contribution in [0.2, 0.25) is 0 Å². The molecule has 1 rings (SSSR count). The molecule has 0 aliphatic rings. The molecule has 3 nitrogen and oxygen atoms in total. The Morgan fingerprint density at radius 1 is 1.44 bits per heavy atom. The van der Waals surface area contributed by atoms with Crippen molar-refractivity contribution < 1.29 is 9.84 Å². The van der Waals surface area contributed by atoms with E-state index in [9.17, 15) is 5.11 Å². The molecule has 1 aromatic carbocycles. The predicted octanol–water partition coefficient (Wildman–Crippen LogP) is 1.86. The molecule has 2 N–H and O–H groups in total. The van der Waals surface area contributed by atoms with Gasteiger partial charge in [-0.1, -0.05) is 31.2 Å². The number of benzene rings is 1. The molecule has 0 saturated heterocycles. The minimum Gasteiger partial charge on any atom is -0.387 e. The van der Waals surface area contributed by atoms with Crippen LogP contribution in [0.25, 0.3) is 0 Å². The highest BCUT2D eigenvalue weighted by molar-refractivity contribution is 5.25. The number of likely N-dealkylation sites (N-methyl/N-ethyl adjacent to an activating group) is 1. The van der Waals surface area contributed by atoms with E-state index in [1.54, 1.807) is 7.11 Å². The molecule has 3 heteroatoms. The predicted molar refractivity (Wildman–Crippen MR) is 65.3 cm³/mol. The smallest absolute Gasteiger partial charge is 0.0940 e. The molecule has 0 aliphatic heterocycles. The van der Waals surface area contributed by atoms with Crippen molar-refractivity contribution in [3.8, 4) is 0 Å². The maximum atomic E-state index is 10.1. The number of aliphatic hydroxyl groups excluding tert-OH is 1. The van der Waals surface area contributed by atoms with Crippen LogP contribution in [-0.2, 0) is 11.3 Å². The first kappa shape index (κ1) is 13.2. The molecule has 0 radical (unpaired) electrons. The molecule has 2 unspecified atom stereocenters. The maximum Gasteiger partial charge on any atom is 0.0940 e. The summed E-state index contributed by atoms with van der Waals surface area (Å²) in [6.45, 7) is 5.45. The van der Waals surface area contributed by atoms with Gasteiger partial charge < -0.3 is 15.2 Å². The van der Waals surface area contributed by atoms with Crippen LogP contribution in [0.1, 0.15) is 31.1 Å². The van der Waals surface area contributed by atoms with E-state index >= 15 is 0 Å². The average Bonchev–Trinajstić information content (AvgIpc) is 2.29. The van der Waals surface area contributed by atoms with E-state index in [0.29, 0.717) is 6.61 Å². The summed E-state index contributed by atoms with van der Waals surface area (Å²) in [4.78, 5) is 0. The lowest BCUT2D eigenvalue weighted by Gasteiger charge is -2.20. The lowest BCUT2D eigenvalue weighted by atomic mass is 10.0. The van der Waals surface area contributed by atoms with Crippen LogP contribution in [0.3, 0.4) is 0 Å². The summed E-state index contributed by atoms with van der Waals surface area (Å²) in [6.07, 6.45) is -0.475. The molecule has 0 amide bonds. The Hall–Kier alpha value is -0.900. The van der Waals surface area contributed by atoms with Crippen molar-refractivity contribution in [1.29, 1.82) is 0 Å². The van der Waals surface area contributed by atoms with Gasteiger partial charge in [0.25, 0.3) is 0 Å². The van der Waals surface area contributed by atoms with Crippen LogP contribution >= 0.6 is 0 Å². The van der Waals surface area contributed by atoms with Gasteiger partial charge in [0.05, 0.1) is 12.7 Å². The Morgan fingerprint density at radius 3 is 2.81 bits per heavy atom. The lowest BCUT2D eigenvalue weighted by Crippen LogP contribution is -2.31. The van der Waals surface area contributed by atoms with Crippen LogP contribution in [0.5, 0.6) is 0 Å². The number of rotatable bonds is 6. The van der Waals surface area contributed by atoms with Gasteiger partial charge in [-0.3, -0.25) is 0 Å². The van der Waals surface area contributed by atoms with Crippen LogP contribution in [0.4, 0.5) is 0 Å². The highest BCUT2D eigenvalue weighted by Gasteiger charge is 2.15. The summed E-state index contributed by atoms with van der Waals surface area (Å²) in [7, 11) is 1.67. The zero-order valence-electron chi connectivity index (χ0n) is 10.2. The van der Waals surface area contributed by atoms with Crippen LogP contribution in [-0.4, -0.2) is 24.8 Å². The Morgan fingerprint density at radius 2 is 2.19 bits per heavy atom. The Bertz CT molecular complexity index is 315. The summed E-state index contributed by atoms with van der Waals surface area (Å²) in [5.74, 6) is 0. The van der Waals surface area contributed by atoms with Crippen molar-refractivity contribution in [3.05, 3.63) is 35.4 Å². The molecule has 0 saturated carbocycles. The van der Waals surface area contributed by atoms with Gasteiger partial charge >= 0.3 is 0 Å². The molecule has 1 aromatic rings. The topological polar surface area (TPSA) is 41.5 Å². The van der Waals surface area contributed by atoms with E-state index in [1.807, 2.05) is 38.1 Å². The molecule has 0 aliphatic carbocycles. The van der Waals surface area contributed by atoms with E-state index in [1.165, 1.54) is 0 Å². The van der Waals surface area contributed by atoms with E-state index in [0.717, 1.165) is 17.7 Å². The van der Waals surface area contributed by atoms with Gasteiger partial charge in [0, 0.05) is 13.2 Å². The minimum atomic E-state index is -0.475. The third kappa shape index (κ3) is 3.59. The molecule has 0 fully saturated rings. The quantitative estimate of drug-likeness (QED) is 0.773. The second-order valence-corrected chi connectivity index (χ2v) is 3.97. The van der Waals surface area contributed by atoms with E-state index in [4.69, 9.17) is 4.74 Å². The van der Waals surface area contributed by atoms with E-state index in [2.05, 4.69) is 5.32 Å². The molecular formula is C13H21NO2. The van der Waals surface area contributed by atoms with Gasteiger partial charge in [0.2, 0.25) is 0 Å². The molecule has 0 spiro atoms. The Balaban J connectivity index is 2.74. The van der Waals surface area contributed by atoms with Gasteiger partial charge in [0.15, 0.2) is 0 Å². The first-order valence-corrected chi connectivity index (χ1v) is 5.68. The van der Waals surface area contributed by atoms with Crippen molar-refractivity contribution in [2.45, 2.75) is 32.6 Å². The van der Waals surface area contributed by atoms with Crippen LogP contribution in [0, 0.1) is 0 Å². The largest absolute Gasteiger partial charge is 0.387 e. The molecule has 0 heterocycles. The fraction of sp³-hybridized carbons (Fsp3) is 0.538. The van der Waals surface area contributed by atoms with Crippen molar-refractivity contribution >= 4 is 0 Å². The third-order valence-corrected chi connectivity index (χ3v) is 2.60. The molecule has 16 heavy (non-hydrogen) atoms. The summed E-state index contributed by atoms with van der Waals surface area (Å²) >= 11 is 0. The fourth-order valence-corrected chi connectivity index (χ4v) is 1.76. The second-order valence-electron chi connectivity index (χ2n) is 3.97. The van der Waals surface area contributed by atoms with Crippen molar-refractivity contribution in [2.24, 2.45) is 0 Å². The molecule has 90 valence electrons. The van der Waals surface area contributed by atoms with Gasteiger partial charge in [-0.15, -0.1) is 0 Å². The van der Waals surface area contributed by atoms with Gasteiger partial charge in [-0.2, -0.15) is 0 Å². The van der Waals surface area contributed by atoms with Crippen molar-refractivity contribution in [1.82, 2.24) is 5.32 Å². The first-order chi connectivity index (χ1) is 7.69. The Kier molecular flexibility index (Phi) is 5.46. The summed E-state index contributed by atoms with van der Waals surface area (Å²) in [5.41, 5.74) is 2.02. The Labute approximate surface area is 97.4 Å². The number of nitrogens with one attached hydrogen (secondary N) is 1. The second kappa shape index (κ2) is 6.63. The number of ether oxygens (including phenoxy) is 1. The monoisotopic (exact) mass is 223 g/mol.